The Hall–Kier alpha value is -3.52. The van der Waals surface area contributed by atoms with E-state index >= 15 is 0 Å². The van der Waals surface area contributed by atoms with E-state index in [0.29, 0.717) is 11.3 Å². The number of aryl methyl sites for hydroxylation is 1. The second-order valence-corrected chi connectivity index (χ2v) is 11.0. The molecule has 0 radical (unpaired) electrons. The number of carbonyl (C=O) groups excluding carboxylic acids is 3. The molecule has 2 N–H and O–H groups in total. The summed E-state index contributed by atoms with van der Waals surface area (Å²) >= 11 is 4.32. The zero-order valence-electron chi connectivity index (χ0n) is 22.8. The van der Waals surface area contributed by atoms with Gasteiger partial charge in [-0.2, -0.15) is 12.6 Å². The minimum Gasteiger partial charge on any atom is -0.444 e. The Morgan fingerprint density at radius 1 is 0.947 bits per heavy atom. The maximum Gasteiger partial charge on any atom is 0.408 e. The number of benzene rings is 3. The lowest BCUT2D eigenvalue weighted by atomic mass is 9.99. The van der Waals surface area contributed by atoms with Gasteiger partial charge in [-0.15, -0.1) is 0 Å². The minimum atomic E-state index is -0.989. The van der Waals surface area contributed by atoms with E-state index < -0.39 is 29.7 Å². The average molecular weight is 536 g/mol. The normalized spacial score (nSPS) is 13.1. The van der Waals surface area contributed by atoms with Crippen LogP contribution in [0.5, 0.6) is 0 Å². The summed E-state index contributed by atoms with van der Waals surface area (Å²) in [6, 6.07) is 18.8. The molecule has 0 saturated carbocycles. The van der Waals surface area contributed by atoms with Gasteiger partial charge < -0.3 is 20.3 Å². The molecule has 3 aromatic carbocycles. The molecule has 38 heavy (non-hydrogen) atoms. The maximum atomic E-state index is 13.9. The van der Waals surface area contributed by atoms with Gasteiger partial charge >= 0.3 is 6.09 Å². The number of anilines is 1. The van der Waals surface area contributed by atoms with Crippen molar-refractivity contribution in [1.82, 2.24) is 10.2 Å². The predicted octanol–water partition coefficient (Wildman–Crippen LogP) is 5.89. The summed E-state index contributed by atoms with van der Waals surface area (Å²) in [4.78, 5) is 41.7. The van der Waals surface area contributed by atoms with E-state index in [4.69, 9.17) is 4.74 Å². The molecular weight excluding hydrogens is 498 g/mol. The lowest BCUT2D eigenvalue weighted by molar-refractivity contribution is -0.142. The molecule has 202 valence electrons. The number of amides is 3. The van der Waals surface area contributed by atoms with E-state index in [0.717, 1.165) is 16.3 Å². The largest absolute Gasteiger partial charge is 0.444 e. The molecule has 2 atom stereocenters. The number of nitrogens with zero attached hydrogens (tertiary/aromatic N) is 1. The number of hydrogen-bond donors (Lipinski definition) is 3. The second kappa shape index (κ2) is 12.3. The third kappa shape index (κ3) is 7.51. The number of fused-ring (bicyclic) bond motifs is 1. The van der Waals surface area contributed by atoms with Gasteiger partial charge in [0.05, 0.1) is 0 Å². The van der Waals surface area contributed by atoms with Crippen LogP contribution in [0.3, 0.4) is 0 Å². The van der Waals surface area contributed by atoms with Crippen molar-refractivity contribution in [3.8, 4) is 0 Å². The summed E-state index contributed by atoms with van der Waals surface area (Å²) in [5, 5.41) is 7.68. The standard InChI is InChI=1S/C30H37N3O4S/c1-19(2)33(28(35)25(18-38)32-29(36)37-30(4,5)6)26(23-13-9-10-20(3)16-23)27(34)31-24-15-14-21-11-7-8-12-22(21)17-24/h7-17,19,25-26,38H,18H2,1-6H3,(H,31,34)(H,32,36). The van der Waals surface area contributed by atoms with E-state index in [1.807, 2.05) is 87.5 Å². The van der Waals surface area contributed by atoms with Crippen LogP contribution in [0.25, 0.3) is 10.8 Å². The van der Waals surface area contributed by atoms with Gasteiger partial charge in [0.15, 0.2) is 0 Å². The zero-order chi connectivity index (χ0) is 28.0. The fraction of sp³-hybridized carbons (Fsp3) is 0.367. The third-order valence-corrected chi connectivity index (χ3v) is 6.25. The van der Waals surface area contributed by atoms with Crippen molar-refractivity contribution in [1.29, 1.82) is 0 Å². The van der Waals surface area contributed by atoms with Gasteiger partial charge in [-0.05, 0) is 70.0 Å². The monoisotopic (exact) mass is 535 g/mol. The third-order valence-electron chi connectivity index (χ3n) is 5.88. The van der Waals surface area contributed by atoms with Gasteiger partial charge in [-0.1, -0.05) is 60.2 Å². The van der Waals surface area contributed by atoms with E-state index in [9.17, 15) is 14.4 Å². The molecule has 2 unspecified atom stereocenters. The summed E-state index contributed by atoms with van der Waals surface area (Å²) in [6.45, 7) is 10.9. The molecule has 0 heterocycles. The molecule has 7 nitrogen and oxygen atoms in total. The van der Waals surface area contributed by atoms with Crippen LogP contribution < -0.4 is 10.6 Å². The van der Waals surface area contributed by atoms with E-state index in [-0.39, 0.29) is 17.7 Å². The zero-order valence-corrected chi connectivity index (χ0v) is 23.7. The van der Waals surface area contributed by atoms with Crippen molar-refractivity contribution >= 4 is 47.0 Å². The number of nitrogens with one attached hydrogen (secondary N) is 2. The number of ether oxygens (including phenoxy) is 1. The summed E-state index contributed by atoms with van der Waals surface area (Å²) in [5.41, 5.74) is 1.52. The number of hydrogen-bond acceptors (Lipinski definition) is 5. The molecule has 0 aromatic heterocycles. The van der Waals surface area contributed by atoms with Crippen LogP contribution >= 0.6 is 12.6 Å². The summed E-state index contributed by atoms with van der Waals surface area (Å²) in [5.74, 6) is -0.752. The fourth-order valence-electron chi connectivity index (χ4n) is 4.25. The average Bonchev–Trinajstić information content (AvgIpc) is 2.83. The Morgan fingerprint density at radius 3 is 2.24 bits per heavy atom. The van der Waals surface area contributed by atoms with Crippen LogP contribution in [0.4, 0.5) is 10.5 Å². The van der Waals surface area contributed by atoms with Crippen LogP contribution in [-0.2, 0) is 14.3 Å². The Morgan fingerprint density at radius 2 is 1.63 bits per heavy atom. The Bertz CT molecular complexity index is 1300. The maximum absolute atomic E-state index is 13.9. The molecule has 0 aliphatic heterocycles. The minimum absolute atomic E-state index is 0.0358. The highest BCUT2D eigenvalue weighted by Crippen LogP contribution is 2.28. The van der Waals surface area contributed by atoms with Crippen LogP contribution in [0.1, 0.15) is 51.8 Å². The quantitative estimate of drug-likeness (QED) is 0.314. The molecule has 0 aliphatic rings. The van der Waals surface area contributed by atoms with Gasteiger partial charge in [-0.3, -0.25) is 9.59 Å². The first-order chi connectivity index (χ1) is 17.9. The number of carbonyl (C=O) groups is 3. The first-order valence-corrected chi connectivity index (χ1v) is 13.3. The molecule has 3 amide bonds. The topological polar surface area (TPSA) is 87.7 Å². The predicted molar refractivity (Wildman–Crippen MR) is 155 cm³/mol. The van der Waals surface area contributed by atoms with Crippen molar-refractivity contribution in [3.63, 3.8) is 0 Å². The van der Waals surface area contributed by atoms with Gasteiger partial charge in [0.25, 0.3) is 5.91 Å². The van der Waals surface area contributed by atoms with Crippen LogP contribution in [0, 0.1) is 6.92 Å². The SMILES string of the molecule is Cc1cccc(C(C(=O)Nc2ccc3ccccc3c2)N(C(=O)C(CS)NC(=O)OC(C)(C)C)C(C)C)c1. The Kier molecular flexibility index (Phi) is 9.44. The van der Waals surface area contributed by atoms with E-state index in [1.165, 1.54) is 4.90 Å². The van der Waals surface area contributed by atoms with Crippen LogP contribution in [0.15, 0.2) is 66.7 Å². The molecule has 0 saturated heterocycles. The lowest BCUT2D eigenvalue weighted by Crippen LogP contribution is -2.55. The molecule has 0 fully saturated rings. The highest BCUT2D eigenvalue weighted by molar-refractivity contribution is 7.80. The van der Waals surface area contributed by atoms with Crippen molar-refractivity contribution < 1.29 is 19.1 Å². The molecular formula is C30H37N3O4S. The first kappa shape index (κ1) is 29.0. The molecule has 3 aromatic rings. The summed E-state index contributed by atoms with van der Waals surface area (Å²) in [6.07, 6.45) is -0.721. The van der Waals surface area contributed by atoms with Gasteiger partial charge in [-0.25, -0.2) is 4.79 Å². The Balaban J connectivity index is 1.97. The van der Waals surface area contributed by atoms with Gasteiger partial charge in [0.2, 0.25) is 5.91 Å². The van der Waals surface area contributed by atoms with Crippen molar-refractivity contribution in [2.75, 3.05) is 11.1 Å². The van der Waals surface area contributed by atoms with E-state index in [1.54, 1.807) is 20.8 Å². The van der Waals surface area contributed by atoms with Gasteiger partial charge in [0.1, 0.15) is 17.7 Å². The molecule has 3 rings (SSSR count). The lowest BCUT2D eigenvalue weighted by Gasteiger charge is -2.37. The molecule has 0 spiro atoms. The molecule has 0 bridgehead atoms. The molecule has 8 heteroatoms. The summed E-state index contributed by atoms with van der Waals surface area (Å²) < 4.78 is 5.35. The van der Waals surface area contributed by atoms with Crippen LogP contribution in [0.2, 0.25) is 0 Å². The van der Waals surface area contributed by atoms with Crippen LogP contribution in [-0.4, -0.2) is 46.2 Å². The van der Waals surface area contributed by atoms with Crippen molar-refractivity contribution in [2.45, 2.75) is 65.3 Å². The summed E-state index contributed by atoms with van der Waals surface area (Å²) in [7, 11) is 0. The number of rotatable bonds is 8. The highest BCUT2D eigenvalue weighted by atomic mass is 32.1. The van der Waals surface area contributed by atoms with Crippen molar-refractivity contribution in [3.05, 3.63) is 77.9 Å². The first-order valence-electron chi connectivity index (χ1n) is 12.7. The van der Waals surface area contributed by atoms with E-state index in [2.05, 4.69) is 23.3 Å². The fourth-order valence-corrected chi connectivity index (χ4v) is 4.50. The smallest absolute Gasteiger partial charge is 0.408 e. The van der Waals surface area contributed by atoms with Crippen molar-refractivity contribution in [2.24, 2.45) is 0 Å². The van der Waals surface area contributed by atoms with Gasteiger partial charge in [0, 0.05) is 17.5 Å². The Labute approximate surface area is 230 Å². The number of alkyl carbamates (subject to hydrolysis) is 1. The highest BCUT2D eigenvalue weighted by Gasteiger charge is 2.37. The molecule has 0 aliphatic carbocycles. The second-order valence-electron chi connectivity index (χ2n) is 10.6. The number of thiol groups is 1.